The molecule has 1 amide bonds. The lowest BCUT2D eigenvalue weighted by atomic mass is 9.90. The van der Waals surface area contributed by atoms with Crippen LogP contribution in [0.15, 0.2) is 48.7 Å². The molecule has 1 atom stereocenters. The summed E-state index contributed by atoms with van der Waals surface area (Å²) in [7, 11) is 1.87. The number of aromatic nitrogens is 2. The lowest BCUT2D eigenvalue weighted by Gasteiger charge is -2.31. The number of ether oxygens (including phenoxy) is 2. The summed E-state index contributed by atoms with van der Waals surface area (Å²) in [4.78, 5) is 14.2. The predicted octanol–water partition coefficient (Wildman–Crippen LogP) is 5.28. The Morgan fingerprint density at radius 3 is 2.70 bits per heavy atom. The first-order valence-corrected chi connectivity index (χ1v) is 10.6. The molecule has 1 saturated heterocycles. The summed E-state index contributed by atoms with van der Waals surface area (Å²) >= 11 is 6.23. The van der Waals surface area contributed by atoms with Crippen LogP contribution in [0, 0.1) is 0 Å². The van der Waals surface area contributed by atoms with E-state index in [-0.39, 0.29) is 19.0 Å². The minimum Gasteiger partial charge on any atom is -0.422 e. The average molecular weight is 428 g/mol. The van der Waals surface area contributed by atoms with Crippen molar-refractivity contribution in [3.05, 3.63) is 64.8 Å². The molecule has 1 aromatic heterocycles. The van der Waals surface area contributed by atoms with Crippen LogP contribution in [0.1, 0.15) is 42.9 Å². The van der Waals surface area contributed by atoms with Crippen LogP contribution in [-0.4, -0.2) is 40.7 Å². The third kappa shape index (κ3) is 4.60. The van der Waals surface area contributed by atoms with E-state index in [1.165, 1.54) is 5.56 Å². The first kappa shape index (κ1) is 20.7. The van der Waals surface area contributed by atoms with E-state index >= 15 is 0 Å². The SMILES string of the molecule is CC(OCOC(=O)N1CCC(c2ccccc2)CC1)c1cc(Cl)cc2cn(C)nc12. The van der Waals surface area contributed by atoms with Crippen LogP contribution in [0.25, 0.3) is 10.9 Å². The molecule has 6 nitrogen and oxygen atoms in total. The molecule has 0 spiro atoms. The molecule has 7 heteroatoms. The summed E-state index contributed by atoms with van der Waals surface area (Å²) in [6.45, 7) is 3.17. The molecule has 1 aliphatic rings. The first-order chi connectivity index (χ1) is 14.5. The number of benzene rings is 2. The van der Waals surface area contributed by atoms with Gasteiger partial charge in [-0.05, 0) is 43.4 Å². The topological polar surface area (TPSA) is 56.6 Å². The minimum absolute atomic E-state index is 0.112. The highest BCUT2D eigenvalue weighted by atomic mass is 35.5. The zero-order valence-electron chi connectivity index (χ0n) is 17.3. The van der Waals surface area contributed by atoms with Crippen molar-refractivity contribution in [2.24, 2.45) is 7.05 Å². The number of likely N-dealkylation sites (tertiary alicyclic amines) is 1. The number of rotatable bonds is 5. The van der Waals surface area contributed by atoms with Gasteiger partial charge in [-0.15, -0.1) is 0 Å². The van der Waals surface area contributed by atoms with E-state index in [1.807, 2.05) is 38.4 Å². The normalized spacial score (nSPS) is 16.0. The number of carbonyl (C=O) groups is 1. The Balaban J connectivity index is 1.28. The highest BCUT2D eigenvalue weighted by Crippen LogP contribution is 2.30. The number of aryl methyl sites for hydroxylation is 1. The Kier molecular flexibility index (Phi) is 6.25. The van der Waals surface area contributed by atoms with Crippen molar-refractivity contribution >= 4 is 28.6 Å². The summed E-state index contributed by atoms with van der Waals surface area (Å²) in [5.41, 5.74) is 3.05. The van der Waals surface area contributed by atoms with Gasteiger partial charge in [-0.2, -0.15) is 5.10 Å². The van der Waals surface area contributed by atoms with Crippen molar-refractivity contribution in [2.45, 2.75) is 31.8 Å². The van der Waals surface area contributed by atoms with Gasteiger partial charge in [-0.25, -0.2) is 4.79 Å². The molecule has 2 heterocycles. The maximum Gasteiger partial charge on any atom is 0.411 e. The van der Waals surface area contributed by atoms with Gasteiger partial charge >= 0.3 is 6.09 Å². The fourth-order valence-corrected chi connectivity index (χ4v) is 4.28. The lowest BCUT2D eigenvalue weighted by molar-refractivity contribution is -0.0612. The fraction of sp³-hybridized carbons (Fsp3) is 0.391. The molecule has 158 valence electrons. The molecular weight excluding hydrogens is 402 g/mol. The molecule has 30 heavy (non-hydrogen) atoms. The predicted molar refractivity (Wildman–Crippen MR) is 117 cm³/mol. The average Bonchev–Trinajstić information content (AvgIpc) is 3.13. The Bertz CT molecular complexity index is 1010. The number of carbonyl (C=O) groups excluding carboxylic acids is 1. The Morgan fingerprint density at radius 2 is 1.97 bits per heavy atom. The lowest BCUT2D eigenvalue weighted by Crippen LogP contribution is -2.38. The van der Waals surface area contributed by atoms with E-state index in [9.17, 15) is 4.79 Å². The number of hydrogen-bond acceptors (Lipinski definition) is 4. The van der Waals surface area contributed by atoms with Gasteiger partial charge in [0.1, 0.15) is 0 Å². The summed E-state index contributed by atoms with van der Waals surface area (Å²) in [5.74, 6) is 0.495. The van der Waals surface area contributed by atoms with Crippen molar-refractivity contribution in [3.63, 3.8) is 0 Å². The number of piperidine rings is 1. The van der Waals surface area contributed by atoms with Gasteiger partial charge in [-0.3, -0.25) is 4.68 Å². The Hall–Kier alpha value is -2.57. The number of nitrogens with zero attached hydrogens (tertiary/aromatic N) is 3. The molecule has 0 N–H and O–H groups in total. The molecule has 0 radical (unpaired) electrons. The van der Waals surface area contributed by atoms with Gasteiger partial charge in [-0.1, -0.05) is 41.9 Å². The van der Waals surface area contributed by atoms with Crippen LogP contribution >= 0.6 is 11.6 Å². The molecule has 1 aliphatic heterocycles. The van der Waals surface area contributed by atoms with Crippen molar-refractivity contribution in [3.8, 4) is 0 Å². The van der Waals surface area contributed by atoms with Gasteiger partial charge in [0, 0.05) is 42.3 Å². The van der Waals surface area contributed by atoms with Gasteiger partial charge in [0.05, 0.1) is 11.6 Å². The van der Waals surface area contributed by atoms with E-state index in [0.717, 1.165) is 29.3 Å². The maximum atomic E-state index is 12.4. The third-order valence-corrected chi connectivity index (χ3v) is 5.90. The number of hydrogen-bond donors (Lipinski definition) is 0. The van der Waals surface area contributed by atoms with Crippen LogP contribution in [0.5, 0.6) is 0 Å². The largest absolute Gasteiger partial charge is 0.422 e. The molecule has 2 aromatic carbocycles. The second-order valence-corrected chi connectivity index (χ2v) is 8.18. The standard InChI is InChI=1S/C23H26ClN3O3/c1-16(21-13-20(24)12-19-14-26(2)25-22(19)21)29-15-30-23(28)27-10-8-18(9-11-27)17-6-4-3-5-7-17/h3-7,12-14,16,18H,8-11,15H2,1-2H3. The quantitative estimate of drug-likeness (QED) is 0.520. The summed E-state index contributed by atoms with van der Waals surface area (Å²) in [6, 6.07) is 14.2. The molecule has 1 unspecified atom stereocenters. The van der Waals surface area contributed by atoms with E-state index in [2.05, 4.69) is 29.4 Å². The summed E-state index contributed by atoms with van der Waals surface area (Å²) in [5, 5.41) is 6.06. The second-order valence-electron chi connectivity index (χ2n) is 7.74. The van der Waals surface area contributed by atoms with E-state index in [4.69, 9.17) is 21.1 Å². The van der Waals surface area contributed by atoms with Crippen LogP contribution in [0.4, 0.5) is 4.79 Å². The maximum absolute atomic E-state index is 12.4. The second kappa shape index (κ2) is 9.06. The summed E-state index contributed by atoms with van der Waals surface area (Å²) in [6.07, 6.45) is 3.16. The highest BCUT2D eigenvalue weighted by Gasteiger charge is 2.25. The van der Waals surface area contributed by atoms with Crippen LogP contribution in [0.3, 0.4) is 0 Å². The molecule has 0 aliphatic carbocycles. The monoisotopic (exact) mass is 427 g/mol. The van der Waals surface area contributed by atoms with Gasteiger partial charge < -0.3 is 14.4 Å². The van der Waals surface area contributed by atoms with E-state index in [1.54, 1.807) is 9.58 Å². The number of amides is 1. The Labute approximate surface area is 181 Å². The fourth-order valence-electron chi connectivity index (χ4n) is 4.04. The third-order valence-electron chi connectivity index (χ3n) is 5.68. The number of fused-ring (bicyclic) bond motifs is 1. The highest BCUT2D eigenvalue weighted by molar-refractivity contribution is 6.31. The van der Waals surface area contributed by atoms with Gasteiger partial charge in [0.15, 0.2) is 6.79 Å². The molecule has 3 aromatic rings. The van der Waals surface area contributed by atoms with Crippen LogP contribution < -0.4 is 0 Å². The van der Waals surface area contributed by atoms with Crippen LogP contribution in [0.2, 0.25) is 5.02 Å². The molecule has 0 bridgehead atoms. The smallest absolute Gasteiger partial charge is 0.411 e. The van der Waals surface area contributed by atoms with Gasteiger partial charge in [0.2, 0.25) is 0 Å². The Morgan fingerprint density at radius 1 is 1.23 bits per heavy atom. The molecule has 1 fully saturated rings. The first-order valence-electron chi connectivity index (χ1n) is 10.2. The van der Waals surface area contributed by atoms with Crippen LogP contribution in [-0.2, 0) is 16.5 Å². The molecule has 0 saturated carbocycles. The van der Waals surface area contributed by atoms with Crippen molar-refractivity contribution < 1.29 is 14.3 Å². The van der Waals surface area contributed by atoms with Gasteiger partial charge in [0.25, 0.3) is 0 Å². The minimum atomic E-state index is -0.331. The van der Waals surface area contributed by atoms with Crippen molar-refractivity contribution in [1.82, 2.24) is 14.7 Å². The zero-order chi connectivity index (χ0) is 21.1. The number of halogens is 1. The van der Waals surface area contributed by atoms with E-state index in [0.29, 0.717) is 24.0 Å². The van der Waals surface area contributed by atoms with Crippen molar-refractivity contribution in [1.29, 1.82) is 0 Å². The molecule has 4 rings (SSSR count). The van der Waals surface area contributed by atoms with Crippen molar-refractivity contribution in [2.75, 3.05) is 19.9 Å². The van der Waals surface area contributed by atoms with E-state index < -0.39 is 0 Å². The summed E-state index contributed by atoms with van der Waals surface area (Å²) < 4.78 is 12.9. The zero-order valence-corrected chi connectivity index (χ0v) is 18.0. The molecular formula is C23H26ClN3O3.